The Balaban J connectivity index is 1.78. The van der Waals surface area contributed by atoms with Crippen molar-refractivity contribution in [2.75, 3.05) is 23.0 Å². The van der Waals surface area contributed by atoms with Gasteiger partial charge in [-0.2, -0.15) is 0 Å². The van der Waals surface area contributed by atoms with E-state index in [2.05, 4.69) is 26.2 Å². The van der Waals surface area contributed by atoms with Gasteiger partial charge in [-0.05, 0) is 42.0 Å². The van der Waals surface area contributed by atoms with Crippen molar-refractivity contribution in [3.8, 4) is 0 Å². The molecule has 5 N–H and O–H groups in total. The summed E-state index contributed by atoms with van der Waals surface area (Å²) in [6, 6.07) is 4.79. The lowest BCUT2D eigenvalue weighted by molar-refractivity contribution is -0.119. The van der Waals surface area contributed by atoms with Crippen molar-refractivity contribution in [2.24, 2.45) is 0 Å². The van der Waals surface area contributed by atoms with Crippen molar-refractivity contribution in [3.05, 3.63) is 35.0 Å². The summed E-state index contributed by atoms with van der Waals surface area (Å²) in [6.07, 6.45) is 0.995. The maximum atomic E-state index is 12.9. The molecule has 0 spiro atoms. The van der Waals surface area contributed by atoms with E-state index in [1.807, 2.05) is 13.8 Å². The predicted octanol–water partition coefficient (Wildman–Crippen LogP) is 0.859. The van der Waals surface area contributed by atoms with Crippen LogP contribution in [0.2, 0.25) is 0 Å². The molecule has 1 aromatic carbocycles. The Morgan fingerprint density at radius 2 is 2.10 bits per heavy atom. The van der Waals surface area contributed by atoms with Gasteiger partial charge in [0.1, 0.15) is 5.84 Å². The van der Waals surface area contributed by atoms with Crippen LogP contribution in [-0.4, -0.2) is 44.9 Å². The lowest BCUT2D eigenvalue weighted by Crippen LogP contribution is -2.32. The molecule has 0 fully saturated rings. The molecule has 1 aliphatic heterocycles. The molecule has 3 rings (SSSR count). The smallest absolute Gasteiger partial charge is 0.255 e. The van der Waals surface area contributed by atoms with Gasteiger partial charge >= 0.3 is 0 Å². The molecule has 1 aliphatic rings. The highest BCUT2D eigenvalue weighted by molar-refractivity contribution is 6.10. The number of benzene rings is 1. The van der Waals surface area contributed by atoms with E-state index >= 15 is 0 Å². The van der Waals surface area contributed by atoms with Gasteiger partial charge in [0.15, 0.2) is 0 Å². The van der Waals surface area contributed by atoms with Gasteiger partial charge in [-0.25, -0.2) is 4.68 Å². The van der Waals surface area contributed by atoms with E-state index in [1.165, 1.54) is 4.68 Å². The number of fused-ring (bicyclic) bond motifs is 1. The molecule has 0 bridgehead atoms. The molecule has 2 aromatic rings. The van der Waals surface area contributed by atoms with E-state index in [4.69, 9.17) is 11.1 Å². The van der Waals surface area contributed by atoms with E-state index in [0.29, 0.717) is 41.3 Å². The normalized spacial score (nSPS) is 13.1. The topological polar surface area (TPSA) is 155 Å². The molecule has 1 aromatic heterocycles. The number of nitrogens with two attached hydrogens (primary N) is 1. The average Bonchev–Trinajstić information content (AvgIpc) is 3.15. The zero-order valence-electron chi connectivity index (χ0n) is 16.5. The second-order valence-corrected chi connectivity index (χ2v) is 6.69. The lowest BCUT2D eigenvalue weighted by Gasteiger charge is -2.26. The number of aromatic nitrogens is 4. The molecule has 0 saturated carbocycles. The highest BCUT2D eigenvalue weighted by atomic mass is 16.2. The van der Waals surface area contributed by atoms with Gasteiger partial charge in [-0.1, -0.05) is 12.0 Å². The van der Waals surface area contributed by atoms with Gasteiger partial charge < -0.3 is 21.3 Å². The van der Waals surface area contributed by atoms with Gasteiger partial charge in [0, 0.05) is 36.1 Å². The van der Waals surface area contributed by atoms with Crippen LogP contribution in [0.15, 0.2) is 29.5 Å². The summed E-state index contributed by atoms with van der Waals surface area (Å²) in [6.45, 7) is 3.95. The summed E-state index contributed by atoms with van der Waals surface area (Å²) in [7, 11) is 1.78. The van der Waals surface area contributed by atoms with Crippen LogP contribution in [-0.2, 0) is 16.1 Å². The third-order valence-corrected chi connectivity index (χ3v) is 4.66. The number of allylic oxidation sites excluding steroid dienone is 1. The molecule has 0 aliphatic carbocycles. The third kappa shape index (κ3) is 4.08. The first kappa shape index (κ1) is 20.0. The lowest BCUT2D eigenvalue weighted by atomic mass is 10.1. The van der Waals surface area contributed by atoms with Crippen molar-refractivity contribution >= 4 is 35.0 Å². The van der Waals surface area contributed by atoms with Crippen LogP contribution in [0.25, 0.3) is 0 Å². The fraction of sp³-hybridized carbons (Fsp3) is 0.333. The number of hydrogen-bond acceptors (Lipinski definition) is 8. The Morgan fingerprint density at radius 3 is 2.83 bits per heavy atom. The molecule has 2 heterocycles. The van der Waals surface area contributed by atoms with Crippen LogP contribution in [0.4, 0.5) is 17.3 Å². The Kier molecular flexibility index (Phi) is 5.57. The minimum atomic E-state index is -0.312. The minimum absolute atomic E-state index is 0.108. The Morgan fingerprint density at radius 1 is 1.34 bits per heavy atom. The largest absolute Gasteiger partial charge is 0.398 e. The third-order valence-electron chi connectivity index (χ3n) is 4.66. The molecule has 152 valence electrons. The Bertz CT molecular complexity index is 1010. The maximum Gasteiger partial charge on any atom is 0.255 e. The molecule has 0 atom stereocenters. The van der Waals surface area contributed by atoms with Crippen LogP contribution in [0.5, 0.6) is 0 Å². The summed E-state index contributed by atoms with van der Waals surface area (Å²) >= 11 is 0. The summed E-state index contributed by atoms with van der Waals surface area (Å²) in [4.78, 5) is 26.4. The SMILES string of the molecule is CCCC(=O)NC(=N)c1cc(NC(=O)C2=C(C)N(C)c3nnnn3C2)ccc1N. The van der Waals surface area contributed by atoms with Crippen molar-refractivity contribution in [1.29, 1.82) is 5.41 Å². The second kappa shape index (κ2) is 8.09. The van der Waals surface area contributed by atoms with Crippen molar-refractivity contribution in [3.63, 3.8) is 0 Å². The van der Waals surface area contributed by atoms with Gasteiger partial charge in [-0.3, -0.25) is 15.0 Å². The van der Waals surface area contributed by atoms with Gasteiger partial charge in [-0.15, -0.1) is 0 Å². The Hall–Kier alpha value is -3.76. The number of nitrogen functional groups attached to an aromatic ring is 1. The summed E-state index contributed by atoms with van der Waals surface area (Å²) in [5.41, 5.74) is 8.32. The molecule has 0 unspecified atom stereocenters. The van der Waals surface area contributed by atoms with Gasteiger partial charge in [0.05, 0.1) is 12.1 Å². The highest BCUT2D eigenvalue weighted by Crippen LogP contribution is 2.25. The fourth-order valence-electron chi connectivity index (χ4n) is 2.95. The molecule has 0 radical (unpaired) electrons. The van der Waals surface area contributed by atoms with Crippen molar-refractivity contribution in [2.45, 2.75) is 33.2 Å². The van der Waals surface area contributed by atoms with Crippen molar-refractivity contribution < 1.29 is 9.59 Å². The fourth-order valence-corrected chi connectivity index (χ4v) is 2.95. The van der Waals surface area contributed by atoms with E-state index in [0.717, 1.165) is 5.70 Å². The molecular formula is C18H23N9O2. The van der Waals surface area contributed by atoms with Crippen LogP contribution in [0.1, 0.15) is 32.3 Å². The number of hydrogen-bond donors (Lipinski definition) is 4. The summed E-state index contributed by atoms with van der Waals surface area (Å²) in [5, 5.41) is 24.9. The molecule has 0 saturated heterocycles. The number of carbonyl (C=O) groups excluding carboxylic acids is 2. The van der Waals surface area contributed by atoms with E-state index < -0.39 is 0 Å². The number of carbonyl (C=O) groups is 2. The molecule has 2 amide bonds. The number of amides is 2. The van der Waals surface area contributed by atoms with Crippen molar-refractivity contribution in [1.82, 2.24) is 25.5 Å². The van der Waals surface area contributed by atoms with Gasteiger partial charge in [0.25, 0.3) is 5.91 Å². The number of nitrogens with one attached hydrogen (secondary N) is 3. The van der Waals surface area contributed by atoms with E-state index in [1.54, 1.807) is 30.1 Å². The van der Waals surface area contributed by atoms with Crippen LogP contribution in [0.3, 0.4) is 0 Å². The first-order chi connectivity index (χ1) is 13.8. The van der Waals surface area contributed by atoms with E-state index in [9.17, 15) is 9.59 Å². The standard InChI is InChI=1S/C18H23N9O2/c1-4-5-15(28)22-16(20)12-8-11(6-7-14(12)19)21-17(29)13-9-27-18(23-24-25-27)26(3)10(13)2/h6-8H,4-5,9,19H2,1-3H3,(H,21,29)(H2,20,22,28). The molecule has 11 nitrogen and oxygen atoms in total. The molecular weight excluding hydrogens is 374 g/mol. The Labute approximate surface area is 167 Å². The predicted molar refractivity (Wildman–Crippen MR) is 108 cm³/mol. The monoisotopic (exact) mass is 397 g/mol. The summed E-state index contributed by atoms with van der Waals surface area (Å²) in [5.74, 6) is -0.115. The van der Waals surface area contributed by atoms with Crippen LogP contribution < -0.4 is 21.3 Å². The maximum absolute atomic E-state index is 12.9. The molecule has 29 heavy (non-hydrogen) atoms. The van der Waals surface area contributed by atoms with Gasteiger partial charge in [0.2, 0.25) is 11.9 Å². The first-order valence-corrected chi connectivity index (χ1v) is 9.11. The second-order valence-electron chi connectivity index (χ2n) is 6.69. The minimum Gasteiger partial charge on any atom is -0.398 e. The van der Waals surface area contributed by atoms with Crippen LogP contribution >= 0.6 is 0 Å². The average molecular weight is 397 g/mol. The number of rotatable bonds is 5. The quantitative estimate of drug-likeness (QED) is 0.331. The highest BCUT2D eigenvalue weighted by Gasteiger charge is 2.26. The number of anilines is 3. The zero-order valence-corrected chi connectivity index (χ0v) is 16.5. The van der Waals surface area contributed by atoms with Crippen LogP contribution in [0, 0.1) is 5.41 Å². The first-order valence-electron chi connectivity index (χ1n) is 9.11. The number of tetrazole rings is 1. The summed E-state index contributed by atoms with van der Waals surface area (Å²) < 4.78 is 1.54. The molecule has 11 heteroatoms. The number of amidine groups is 1. The number of nitrogens with zero attached hydrogens (tertiary/aromatic N) is 5. The van der Waals surface area contributed by atoms with E-state index in [-0.39, 0.29) is 24.2 Å². The zero-order chi connectivity index (χ0) is 21.1.